The molecular formula is C18H22N6O2S. The summed E-state index contributed by atoms with van der Waals surface area (Å²) in [6, 6.07) is 0.389. The zero-order valence-corrected chi connectivity index (χ0v) is 16.1. The van der Waals surface area contributed by atoms with Crippen molar-refractivity contribution in [2.24, 2.45) is 0 Å². The molecule has 5 rings (SSSR count). The summed E-state index contributed by atoms with van der Waals surface area (Å²) in [7, 11) is 0. The van der Waals surface area contributed by atoms with Crippen LogP contribution in [0.25, 0.3) is 0 Å². The van der Waals surface area contributed by atoms with Crippen LogP contribution >= 0.6 is 11.3 Å². The molecule has 1 aliphatic heterocycles. The molecule has 3 aromatic heterocycles. The number of hydrogen-bond donors (Lipinski definition) is 0. The summed E-state index contributed by atoms with van der Waals surface area (Å²) < 4.78 is 13.2. The van der Waals surface area contributed by atoms with Gasteiger partial charge in [-0.3, -0.25) is 0 Å². The molecule has 0 saturated carbocycles. The second-order valence-corrected chi connectivity index (χ2v) is 8.36. The van der Waals surface area contributed by atoms with Crippen LogP contribution in [0.1, 0.15) is 65.0 Å². The molecule has 3 aromatic rings. The maximum Gasteiger partial charge on any atom is 0.230 e. The molecule has 0 N–H and O–H groups in total. The van der Waals surface area contributed by atoms with Gasteiger partial charge in [-0.2, -0.15) is 4.98 Å². The third kappa shape index (κ3) is 3.41. The Bertz CT molecular complexity index is 926. The Morgan fingerprint density at radius 3 is 2.93 bits per heavy atom. The third-order valence-corrected chi connectivity index (χ3v) is 6.24. The monoisotopic (exact) mass is 386 g/mol. The Hall–Kier alpha value is -2.13. The summed E-state index contributed by atoms with van der Waals surface area (Å²) in [5.74, 6) is 1.66. The Labute approximate surface area is 161 Å². The molecule has 8 nitrogen and oxygen atoms in total. The van der Waals surface area contributed by atoms with E-state index in [-0.39, 0.29) is 5.92 Å². The Morgan fingerprint density at radius 1 is 1.22 bits per heavy atom. The van der Waals surface area contributed by atoms with E-state index in [1.54, 1.807) is 11.3 Å². The van der Waals surface area contributed by atoms with Crippen LogP contribution in [0, 0.1) is 6.92 Å². The third-order valence-electron chi connectivity index (χ3n) is 5.42. The SMILES string of the molecule is Cc1nc(Cc2noc(C3CCc4nnn(C5CCOCC5)c4C3)n2)cs1. The maximum absolute atomic E-state index is 5.60. The zero-order chi connectivity index (χ0) is 18.2. The van der Waals surface area contributed by atoms with Gasteiger partial charge >= 0.3 is 0 Å². The molecule has 9 heteroatoms. The van der Waals surface area contributed by atoms with Crippen LogP contribution < -0.4 is 0 Å². The van der Waals surface area contributed by atoms with E-state index in [0.717, 1.165) is 67.6 Å². The summed E-state index contributed by atoms with van der Waals surface area (Å²) in [6.45, 7) is 3.60. The lowest BCUT2D eigenvalue weighted by atomic mass is 9.89. The average Bonchev–Trinajstić information content (AvgIpc) is 3.42. The van der Waals surface area contributed by atoms with Gasteiger partial charge in [0.05, 0.1) is 34.6 Å². The molecule has 1 saturated heterocycles. The van der Waals surface area contributed by atoms with E-state index in [2.05, 4.69) is 35.5 Å². The molecule has 0 aromatic carbocycles. The lowest BCUT2D eigenvalue weighted by Gasteiger charge is -2.26. The van der Waals surface area contributed by atoms with Crippen molar-refractivity contribution in [3.05, 3.63) is 39.2 Å². The highest BCUT2D eigenvalue weighted by Gasteiger charge is 2.31. The molecule has 4 heterocycles. The summed E-state index contributed by atoms with van der Waals surface area (Å²) in [4.78, 5) is 9.14. The van der Waals surface area contributed by atoms with Gasteiger partial charge < -0.3 is 9.26 Å². The number of hydrogen-bond acceptors (Lipinski definition) is 8. The van der Waals surface area contributed by atoms with Crippen molar-refractivity contribution in [2.75, 3.05) is 13.2 Å². The van der Waals surface area contributed by atoms with Crippen molar-refractivity contribution < 1.29 is 9.26 Å². The van der Waals surface area contributed by atoms with Gasteiger partial charge in [-0.15, -0.1) is 16.4 Å². The molecular weight excluding hydrogens is 364 g/mol. The lowest BCUT2D eigenvalue weighted by molar-refractivity contribution is 0.0647. The van der Waals surface area contributed by atoms with Gasteiger partial charge in [-0.25, -0.2) is 9.67 Å². The van der Waals surface area contributed by atoms with Crippen LogP contribution in [-0.2, 0) is 24.0 Å². The van der Waals surface area contributed by atoms with E-state index in [1.807, 2.05) is 6.92 Å². The molecule has 1 unspecified atom stereocenters. The van der Waals surface area contributed by atoms with E-state index in [9.17, 15) is 0 Å². The molecule has 1 aliphatic carbocycles. The van der Waals surface area contributed by atoms with Gasteiger partial charge in [0.1, 0.15) is 0 Å². The van der Waals surface area contributed by atoms with Gasteiger partial charge in [0.2, 0.25) is 5.89 Å². The number of aryl methyl sites for hydroxylation is 2. The Balaban J connectivity index is 1.32. The highest BCUT2D eigenvalue weighted by molar-refractivity contribution is 7.09. The normalized spacial score (nSPS) is 20.7. The van der Waals surface area contributed by atoms with Gasteiger partial charge in [-0.05, 0) is 32.6 Å². The minimum Gasteiger partial charge on any atom is -0.381 e. The smallest absolute Gasteiger partial charge is 0.230 e. The minimum atomic E-state index is 0.230. The zero-order valence-electron chi connectivity index (χ0n) is 15.3. The van der Waals surface area contributed by atoms with Gasteiger partial charge in [0.25, 0.3) is 0 Å². The predicted molar refractivity (Wildman–Crippen MR) is 97.8 cm³/mol. The summed E-state index contributed by atoms with van der Waals surface area (Å²) >= 11 is 1.64. The van der Waals surface area contributed by atoms with Crippen molar-refractivity contribution in [3.63, 3.8) is 0 Å². The minimum absolute atomic E-state index is 0.230. The number of aromatic nitrogens is 6. The molecule has 0 amide bonds. The van der Waals surface area contributed by atoms with Crippen LogP contribution in [0.4, 0.5) is 0 Å². The van der Waals surface area contributed by atoms with Crippen LogP contribution in [0.3, 0.4) is 0 Å². The fourth-order valence-electron chi connectivity index (χ4n) is 3.99. The molecule has 0 spiro atoms. The number of nitrogens with zero attached hydrogens (tertiary/aromatic N) is 6. The fourth-order valence-corrected chi connectivity index (χ4v) is 4.60. The second-order valence-electron chi connectivity index (χ2n) is 7.29. The van der Waals surface area contributed by atoms with Gasteiger partial charge in [-0.1, -0.05) is 10.4 Å². The molecule has 1 fully saturated rings. The second kappa shape index (κ2) is 7.12. The highest BCUT2D eigenvalue weighted by atomic mass is 32.1. The van der Waals surface area contributed by atoms with E-state index in [1.165, 1.54) is 5.69 Å². The van der Waals surface area contributed by atoms with Crippen molar-refractivity contribution in [3.8, 4) is 0 Å². The first-order valence-corrected chi connectivity index (χ1v) is 10.4. The molecule has 1 atom stereocenters. The summed E-state index contributed by atoms with van der Waals surface area (Å²) in [6.07, 6.45) is 5.35. The van der Waals surface area contributed by atoms with Crippen LogP contribution in [0.15, 0.2) is 9.90 Å². The van der Waals surface area contributed by atoms with Crippen LogP contribution in [0.5, 0.6) is 0 Å². The molecule has 2 aliphatic rings. The largest absolute Gasteiger partial charge is 0.381 e. The van der Waals surface area contributed by atoms with Crippen molar-refractivity contribution in [2.45, 2.75) is 57.4 Å². The van der Waals surface area contributed by atoms with Crippen LogP contribution in [0.2, 0.25) is 0 Å². The van der Waals surface area contributed by atoms with Crippen molar-refractivity contribution in [1.82, 2.24) is 30.1 Å². The predicted octanol–water partition coefficient (Wildman–Crippen LogP) is 2.64. The van der Waals surface area contributed by atoms with Crippen LogP contribution in [-0.4, -0.2) is 43.3 Å². The van der Waals surface area contributed by atoms with E-state index >= 15 is 0 Å². The quantitative estimate of drug-likeness (QED) is 0.680. The Kier molecular flexibility index (Phi) is 4.48. The standard InChI is InChI=1S/C18H22N6O2S/c1-11-19-13(10-27-11)9-17-20-18(26-22-17)12-2-3-15-16(8-12)24(23-21-15)14-4-6-25-7-5-14/h10,12,14H,2-9H2,1H3. The number of ether oxygens (including phenoxy) is 1. The average molecular weight is 386 g/mol. The van der Waals surface area contributed by atoms with Gasteiger partial charge in [0, 0.05) is 30.9 Å². The topological polar surface area (TPSA) is 91.8 Å². The number of fused-ring (bicyclic) bond motifs is 1. The summed E-state index contributed by atoms with van der Waals surface area (Å²) in [5, 5.41) is 16.2. The molecule has 142 valence electrons. The van der Waals surface area contributed by atoms with Gasteiger partial charge in [0.15, 0.2) is 5.82 Å². The first kappa shape index (κ1) is 17.0. The number of thiazole rings is 1. The van der Waals surface area contributed by atoms with E-state index < -0.39 is 0 Å². The van der Waals surface area contributed by atoms with Crippen molar-refractivity contribution >= 4 is 11.3 Å². The number of rotatable bonds is 4. The molecule has 0 radical (unpaired) electrons. The van der Waals surface area contributed by atoms with E-state index in [4.69, 9.17) is 9.26 Å². The highest BCUT2D eigenvalue weighted by Crippen LogP contribution is 2.33. The summed E-state index contributed by atoms with van der Waals surface area (Å²) in [5.41, 5.74) is 3.35. The fraction of sp³-hybridized carbons (Fsp3) is 0.611. The first-order chi connectivity index (χ1) is 13.3. The van der Waals surface area contributed by atoms with Crippen molar-refractivity contribution in [1.29, 1.82) is 0 Å². The Morgan fingerprint density at radius 2 is 2.11 bits per heavy atom. The first-order valence-electron chi connectivity index (χ1n) is 9.50. The lowest BCUT2D eigenvalue weighted by Crippen LogP contribution is -2.24. The molecule has 0 bridgehead atoms. The maximum atomic E-state index is 5.60. The molecule has 27 heavy (non-hydrogen) atoms. The van der Waals surface area contributed by atoms with E-state index in [0.29, 0.717) is 18.3 Å².